The van der Waals surface area contributed by atoms with Crippen LogP contribution in [0.2, 0.25) is 0 Å². The maximum atomic E-state index is 12.0. The van der Waals surface area contributed by atoms with Gasteiger partial charge in [-0.05, 0) is 37.0 Å². The molecule has 2 atom stereocenters. The van der Waals surface area contributed by atoms with E-state index in [2.05, 4.69) is 5.32 Å². The summed E-state index contributed by atoms with van der Waals surface area (Å²) in [5.41, 5.74) is 6.09. The molecule has 2 unspecified atom stereocenters. The molecule has 0 bridgehead atoms. The van der Waals surface area contributed by atoms with Gasteiger partial charge in [-0.3, -0.25) is 4.79 Å². The molecule has 0 fully saturated rings. The SMILES string of the molecule is CCC(C)(NC(=O)CC(C)c1ccc(N)cc1)C(=O)O. The van der Waals surface area contributed by atoms with Gasteiger partial charge in [0.1, 0.15) is 5.54 Å². The van der Waals surface area contributed by atoms with Gasteiger partial charge in [0.05, 0.1) is 0 Å². The molecule has 0 aromatic heterocycles. The van der Waals surface area contributed by atoms with Crippen molar-refractivity contribution in [3.05, 3.63) is 29.8 Å². The second-order valence-electron chi connectivity index (χ2n) is 5.31. The van der Waals surface area contributed by atoms with Gasteiger partial charge in [0.25, 0.3) is 0 Å². The Balaban J connectivity index is 2.66. The van der Waals surface area contributed by atoms with Crippen LogP contribution < -0.4 is 11.1 Å². The lowest BCUT2D eigenvalue weighted by Crippen LogP contribution is -2.51. The Kier molecular flexibility index (Phi) is 5.13. The van der Waals surface area contributed by atoms with Crippen LogP contribution in [0.3, 0.4) is 0 Å². The van der Waals surface area contributed by atoms with E-state index in [9.17, 15) is 9.59 Å². The second-order valence-corrected chi connectivity index (χ2v) is 5.31. The molecule has 0 heterocycles. The highest BCUT2D eigenvalue weighted by Gasteiger charge is 2.32. The fraction of sp³-hybridized carbons (Fsp3) is 0.467. The highest BCUT2D eigenvalue weighted by atomic mass is 16.4. The summed E-state index contributed by atoms with van der Waals surface area (Å²) >= 11 is 0. The highest BCUT2D eigenvalue weighted by Crippen LogP contribution is 2.21. The second kappa shape index (κ2) is 6.41. The minimum atomic E-state index is -1.21. The van der Waals surface area contributed by atoms with Gasteiger partial charge >= 0.3 is 5.97 Å². The van der Waals surface area contributed by atoms with Gasteiger partial charge in [-0.1, -0.05) is 26.0 Å². The Morgan fingerprint density at radius 2 is 1.90 bits per heavy atom. The number of carbonyl (C=O) groups is 2. The number of nitrogen functional groups attached to an aromatic ring is 1. The van der Waals surface area contributed by atoms with Crippen molar-refractivity contribution < 1.29 is 14.7 Å². The summed E-state index contributed by atoms with van der Waals surface area (Å²) in [6.07, 6.45) is 0.580. The summed E-state index contributed by atoms with van der Waals surface area (Å²) in [6, 6.07) is 7.33. The molecule has 0 saturated heterocycles. The number of carboxylic acid groups (broad SMARTS) is 1. The zero-order valence-electron chi connectivity index (χ0n) is 12.1. The first-order valence-electron chi connectivity index (χ1n) is 6.68. The molecule has 110 valence electrons. The number of hydrogen-bond acceptors (Lipinski definition) is 3. The minimum Gasteiger partial charge on any atom is -0.480 e. The van der Waals surface area contributed by atoms with Crippen LogP contribution in [0.1, 0.15) is 45.1 Å². The van der Waals surface area contributed by atoms with Crippen molar-refractivity contribution in [2.45, 2.75) is 45.1 Å². The molecular formula is C15H22N2O3. The van der Waals surface area contributed by atoms with Crippen LogP contribution in [0.4, 0.5) is 5.69 Å². The highest BCUT2D eigenvalue weighted by molar-refractivity contribution is 5.86. The molecule has 5 heteroatoms. The molecule has 1 amide bonds. The number of carbonyl (C=O) groups excluding carboxylic acids is 1. The van der Waals surface area contributed by atoms with E-state index < -0.39 is 11.5 Å². The summed E-state index contributed by atoms with van der Waals surface area (Å²) in [7, 11) is 0. The molecule has 5 nitrogen and oxygen atoms in total. The number of nitrogens with one attached hydrogen (secondary N) is 1. The quantitative estimate of drug-likeness (QED) is 0.695. The van der Waals surface area contributed by atoms with E-state index in [0.29, 0.717) is 12.1 Å². The first-order valence-corrected chi connectivity index (χ1v) is 6.68. The summed E-state index contributed by atoms with van der Waals surface area (Å²) in [5, 5.41) is 11.7. The molecule has 1 aromatic carbocycles. The fourth-order valence-electron chi connectivity index (χ4n) is 1.87. The lowest BCUT2D eigenvalue weighted by molar-refractivity contribution is -0.147. The number of carboxylic acids is 1. The first kappa shape index (κ1) is 16.0. The fourth-order valence-corrected chi connectivity index (χ4v) is 1.87. The molecule has 4 N–H and O–H groups in total. The Labute approximate surface area is 119 Å². The molecule has 0 spiro atoms. The van der Waals surface area contributed by atoms with E-state index >= 15 is 0 Å². The molecule has 1 aromatic rings. The van der Waals surface area contributed by atoms with Gasteiger partial charge < -0.3 is 16.2 Å². The number of aliphatic carboxylic acids is 1. The lowest BCUT2D eigenvalue weighted by atomic mass is 9.95. The first-order chi connectivity index (χ1) is 9.28. The maximum Gasteiger partial charge on any atom is 0.329 e. The van der Waals surface area contributed by atoms with E-state index in [4.69, 9.17) is 10.8 Å². The standard InChI is InChI=1S/C15H22N2O3/c1-4-15(3,14(19)20)17-13(18)9-10(2)11-5-7-12(16)8-6-11/h5-8,10H,4,9,16H2,1-3H3,(H,17,18)(H,19,20). The average molecular weight is 278 g/mol. The minimum absolute atomic E-state index is 0.00509. The predicted molar refractivity (Wildman–Crippen MR) is 78.4 cm³/mol. The number of amides is 1. The van der Waals surface area contributed by atoms with Crippen LogP contribution in [-0.2, 0) is 9.59 Å². The zero-order valence-corrected chi connectivity index (χ0v) is 12.1. The van der Waals surface area contributed by atoms with E-state index in [1.54, 1.807) is 19.1 Å². The molecular weight excluding hydrogens is 256 g/mol. The number of anilines is 1. The van der Waals surface area contributed by atoms with E-state index in [0.717, 1.165) is 5.56 Å². The third kappa shape index (κ3) is 3.98. The molecule has 0 aliphatic rings. The van der Waals surface area contributed by atoms with Gasteiger partial charge in [0.2, 0.25) is 5.91 Å². The normalized spacial score (nSPS) is 15.2. The van der Waals surface area contributed by atoms with E-state index in [1.807, 2.05) is 19.1 Å². The number of rotatable bonds is 6. The molecule has 0 aliphatic carbocycles. The van der Waals surface area contributed by atoms with Crippen molar-refractivity contribution in [3.8, 4) is 0 Å². The molecule has 0 saturated carbocycles. The van der Waals surface area contributed by atoms with Crippen molar-refractivity contribution in [2.75, 3.05) is 5.73 Å². The Morgan fingerprint density at radius 3 is 2.35 bits per heavy atom. The van der Waals surface area contributed by atoms with Gasteiger partial charge in [0.15, 0.2) is 0 Å². The van der Waals surface area contributed by atoms with Crippen LogP contribution in [-0.4, -0.2) is 22.5 Å². The largest absolute Gasteiger partial charge is 0.480 e. The monoisotopic (exact) mass is 278 g/mol. The molecule has 1 rings (SSSR count). The van der Waals surface area contributed by atoms with Crippen molar-refractivity contribution in [3.63, 3.8) is 0 Å². The van der Waals surface area contributed by atoms with Crippen LogP contribution >= 0.6 is 0 Å². The number of benzene rings is 1. The van der Waals surface area contributed by atoms with Crippen LogP contribution in [0.15, 0.2) is 24.3 Å². The molecule has 0 radical (unpaired) electrons. The summed E-state index contributed by atoms with van der Waals surface area (Å²) in [5.74, 6) is -1.28. The van der Waals surface area contributed by atoms with Crippen molar-refractivity contribution in [2.24, 2.45) is 0 Å². The average Bonchev–Trinajstić information content (AvgIpc) is 2.38. The van der Waals surface area contributed by atoms with Crippen molar-refractivity contribution >= 4 is 17.6 Å². The molecule has 0 aliphatic heterocycles. The van der Waals surface area contributed by atoms with Crippen LogP contribution in [0.25, 0.3) is 0 Å². The predicted octanol–water partition coefficient (Wildman–Crippen LogP) is 2.13. The van der Waals surface area contributed by atoms with Crippen LogP contribution in [0, 0.1) is 0 Å². The van der Waals surface area contributed by atoms with Crippen molar-refractivity contribution in [1.82, 2.24) is 5.32 Å². The maximum absolute atomic E-state index is 12.0. The zero-order chi connectivity index (χ0) is 15.3. The Hall–Kier alpha value is -2.04. The summed E-state index contributed by atoms with van der Waals surface area (Å²) in [4.78, 5) is 23.1. The van der Waals surface area contributed by atoms with Gasteiger partial charge in [-0.2, -0.15) is 0 Å². The lowest BCUT2D eigenvalue weighted by Gasteiger charge is -2.25. The Morgan fingerprint density at radius 1 is 1.35 bits per heavy atom. The van der Waals surface area contributed by atoms with Crippen molar-refractivity contribution in [1.29, 1.82) is 0 Å². The third-order valence-corrected chi connectivity index (χ3v) is 3.59. The molecule has 20 heavy (non-hydrogen) atoms. The van der Waals surface area contributed by atoms with Gasteiger partial charge in [-0.25, -0.2) is 4.79 Å². The van der Waals surface area contributed by atoms with E-state index in [-0.39, 0.29) is 18.2 Å². The van der Waals surface area contributed by atoms with Gasteiger partial charge in [-0.15, -0.1) is 0 Å². The number of hydrogen-bond donors (Lipinski definition) is 3. The number of nitrogens with two attached hydrogens (primary N) is 1. The summed E-state index contributed by atoms with van der Waals surface area (Å²) < 4.78 is 0. The van der Waals surface area contributed by atoms with Gasteiger partial charge in [0, 0.05) is 12.1 Å². The van der Waals surface area contributed by atoms with E-state index in [1.165, 1.54) is 6.92 Å². The smallest absolute Gasteiger partial charge is 0.329 e. The Bertz CT molecular complexity index is 484. The van der Waals surface area contributed by atoms with Crippen LogP contribution in [0.5, 0.6) is 0 Å². The third-order valence-electron chi connectivity index (χ3n) is 3.59. The topological polar surface area (TPSA) is 92.4 Å². The summed E-state index contributed by atoms with van der Waals surface area (Å²) in [6.45, 7) is 5.17.